The lowest BCUT2D eigenvalue weighted by Gasteiger charge is -2.22. The highest BCUT2D eigenvalue weighted by molar-refractivity contribution is 6.09. The molecule has 0 saturated carbocycles. The topological polar surface area (TPSA) is 71.1 Å². The zero-order valence-corrected chi connectivity index (χ0v) is 23.3. The molecular formula is C33H36FN3O2. The van der Waals surface area contributed by atoms with Crippen molar-refractivity contribution in [3.05, 3.63) is 89.9 Å². The van der Waals surface area contributed by atoms with Gasteiger partial charge in [-0.1, -0.05) is 50.2 Å². The predicted octanol–water partition coefficient (Wildman–Crippen LogP) is 8.18. The third-order valence-electron chi connectivity index (χ3n) is 6.57. The Morgan fingerprint density at radius 1 is 0.974 bits per heavy atom. The zero-order valence-electron chi connectivity index (χ0n) is 23.3. The average molecular weight is 526 g/mol. The number of ketones is 1. The van der Waals surface area contributed by atoms with Crippen molar-refractivity contribution in [2.75, 3.05) is 5.32 Å². The number of hydrogen-bond acceptors (Lipinski definition) is 4. The highest BCUT2D eigenvalue weighted by atomic mass is 19.1. The Morgan fingerprint density at radius 2 is 1.67 bits per heavy atom. The second kappa shape index (κ2) is 11.8. The summed E-state index contributed by atoms with van der Waals surface area (Å²) in [5.41, 5.74) is 4.23. The SMILES string of the molecule is CCCC(=O)CC(C)c1ccc(-c2ccc3ncc(C(=O)NC(C)(C)C)c(Nc4ccccc4)c3c2)cc1F. The number of carbonyl (C=O) groups is 2. The first kappa shape index (κ1) is 28.0. The number of nitrogens with one attached hydrogen (secondary N) is 2. The van der Waals surface area contributed by atoms with Crippen molar-refractivity contribution in [3.63, 3.8) is 0 Å². The molecule has 0 bridgehead atoms. The van der Waals surface area contributed by atoms with Gasteiger partial charge in [-0.05, 0) is 80.1 Å². The van der Waals surface area contributed by atoms with E-state index in [-0.39, 0.29) is 23.4 Å². The molecule has 4 aromatic rings. The molecule has 0 radical (unpaired) electrons. The molecule has 6 heteroatoms. The maximum atomic E-state index is 15.2. The van der Waals surface area contributed by atoms with E-state index >= 15 is 4.39 Å². The molecule has 1 amide bonds. The van der Waals surface area contributed by atoms with Crippen LogP contribution in [-0.2, 0) is 4.79 Å². The summed E-state index contributed by atoms with van der Waals surface area (Å²) in [5, 5.41) is 7.19. The van der Waals surface area contributed by atoms with Crippen molar-refractivity contribution in [1.82, 2.24) is 10.3 Å². The molecule has 0 aliphatic rings. The van der Waals surface area contributed by atoms with E-state index in [1.54, 1.807) is 12.3 Å². The van der Waals surface area contributed by atoms with Crippen LogP contribution in [0.1, 0.15) is 75.7 Å². The third-order valence-corrected chi connectivity index (χ3v) is 6.57. The summed E-state index contributed by atoms with van der Waals surface area (Å²) in [6, 6.07) is 20.5. The lowest BCUT2D eigenvalue weighted by Crippen LogP contribution is -2.40. The fourth-order valence-electron chi connectivity index (χ4n) is 4.69. The van der Waals surface area contributed by atoms with Gasteiger partial charge in [-0.15, -0.1) is 0 Å². The third kappa shape index (κ3) is 6.88. The van der Waals surface area contributed by atoms with Gasteiger partial charge in [0.25, 0.3) is 5.91 Å². The Morgan fingerprint density at radius 3 is 2.33 bits per heavy atom. The number of benzene rings is 3. The van der Waals surface area contributed by atoms with Gasteiger partial charge in [-0.2, -0.15) is 0 Å². The van der Waals surface area contributed by atoms with E-state index in [1.165, 1.54) is 6.07 Å². The maximum absolute atomic E-state index is 15.2. The lowest BCUT2D eigenvalue weighted by atomic mass is 9.92. The summed E-state index contributed by atoms with van der Waals surface area (Å²) in [6.45, 7) is 9.65. The molecule has 0 aliphatic carbocycles. The van der Waals surface area contributed by atoms with E-state index in [2.05, 4.69) is 15.6 Å². The molecule has 0 fully saturated rings. The number of hydrogen-bond donors (Lipinski definition) is 2. The largest absolute Gasteiger partial charge is 0.354 e. The molecule has 0 aliphatic heterocycles. The van der Waals surface area contributed by atoms with Gasteiger partial charge in [0.2, 0.25) is 0 Å². The zero-order chi connectivity index (χ0) is 28.2. The molecule has 1 heterocycles. The number of carbonyl (C=O) groups excluding carboxylic acids is 2. The van der Waals surface area contributed by atoms with Crippen LogP contribution in [0.4, 0.5) is 15.8 Å². The Hall–Kier alpha value is -4.06. The Bertz CT molecular complexity index is 1490. The van der Waals surface area contributed by atoms with E-state index in [0.717, 1.165) is 23.1 Å². The number of halogens is 1. The summed E-state index contributed by atoms with van der Waals surface area (Å²) in [4.78, 5) is 29.9. The number of aromatic nitrogens is 1. The molecule has 1 aromatic heterocycles. The van der Waals surface area contributed by atoms with Gasteiger partial charge < -0.3 is 10.6 Å². The Kier molecular flexibility index (Phi) is 8.44. The molecule has 39 heavy (non-hydrogen) atoms. The van der Waals surface area contributed by atoms with E-state index in [9.17, 15) is 9.59 Å². The highest BCUT2D eigenvalue weighted by Crippen LogP contribution is 2.34. The fraction of sp³-hybridized carbons (Fsp3) is 0.303. The number of pyridine rings is 1. The number of nitrogens with zero attached hydrogens (tertiary/aromatic N) is 1. The summed E-state index contributed by atoms with van der Waals surface area (Å²) >= 11 is 0. The highest BCUT2D eigenvalue weighted by Gasteiger charge is 2.21. The fourth-order valence-corrected chi connectivity index (χ4v) is 4.69. The van der Waals surface area contributed by atoms with E-state index in [4.69, 9.17) is 0 Å². The molecule has 0 spiro atoms. The van der Waals surface area contributed by atoms with Crippen LogP contribution in [0.15, 0.2) is 72.9 Å². The van der Waals surface area contributed by atoms with Crippen LogP contribution in [0.5, 0.6) is 0 Å². The monoisotopic (exact) mass is 525 g/mol. The molecule has 5 nitrogen and oxygen atoms in total. The minimum absolute atomic E-state index is 0.153. The van der Waals surface area contributed by atoms with Crippen LogP contribution in [0.25, 0.3) is 22.0 Å². The molecule has 3 aromatic carbocycles. The number of para-hydroxylation sites is 1. The van der Waals surface area contributed by atoms with E-state index in [0.29, 0.717) is 40.7 Å². The van der Waals surface area contributed by atoms with Gasteiger partial charge in [0.05, 0.1) is 16.8 Å². The minimum Gasteiger partial charge on any atom is -0.354 e. The molecule has 202 valence electrons. The first-order valence-electron chi connectivity index (χ1n) is 13.4. The van der Waals surface area contributed by atoms with Gasteiger partial charge in [0, 0.05) is 35.7 Å². The first-order chi connectivity index (χ1) is 18.6. The van der Waals surface area contributed by atoms with Crippen LogP contribution in [0, 0.1) is 5.82 Å². The van der Waals surface area contributed by atoms with Crippen molar-refractivity contribution in [3.8, 4) is 11.1 Å². The van der Waals surface area contributed by atoms with Crippen molar-refractivity contribution >= 4 is 34.0 Å². The van der Waals surface area contributed by atoms with Crippen molar-refractivity contribution in [2.45, 2.75) is 65.3 Å². The molecular weight excluding hydrogens is 489 g/mol. The van der Waals surface area contributed by atoms with Crippen molar-refractivity contribution in [2.24, 2.45) is 0 Å². The van der Waals surface area contributed by atoms with Crippen LogP contribution >= 0.6 is 0 Å². The van der Waals surface area contributed by atoms with E-state index in [1.807, 2.05) is 89.2 Å². The molecule has 2 N–H and O–H groups in total. The molecule has 1 atom stereocenters. The second-order valence-corrected chi connectivity index (χ2v) is 11.1. The predicted molar refractivity (Wildman–Crippen MR) is 157 cm³/mol. The lowest BCUT2D eigenvalue weighted by molar-refractivity contribution is -0.119. The summed E-state index contributed by atoms with van der Waals surface area (Å²) < 4.78 is 15.2. The number of Topliss-reactive ketones (excluding diaryl/α,β-unsaturated/α-hetero) is 1. The van der Waals surface area contributed by atoms with Gasteiger partial charge in [0.1, 0.15) is 11.6 Å². The average Bonchev–Trinajstić information content (AvgIpc) is 2.88. The van der Waals surface area contributed by atoms with Crippen molar-refractivity contribution in [1.29, 1.82) is 0 Å². The van der Waals surface area contributed by atoms with Gasteiger partial charge in [-0.25, -0.2) is 4.39 Å². The summed E-state index contributed by atoms with van der Waals surface area (Å²) in [6.07, 6.45) is 3.23. The summed E-state index contributed by atoms with van der Waals surface area (Å²) in [7, 11) is 0. The number of anilines is 2. The Balaban J connectivity index is 1.76. The van der Waals surface area contributed by atoms with Crippen LogP contribution < -0.4 is 10.6 Å². The smallest absolute Gasteiger partial charge is 0.255 e. The van der Waals surface area contributed by atoms with Crippen LogP contribution in [0.3, 0.4) is 0 Å². The quantitative estimate of drug-likeness (QED) is 0.231. The van der Waals surface area contributed by atoms with Gasteiger partial charge >= 0.3 is 0 Å². The van der Waals surface area contributed by atoms with E-state index < -0.39 is 5.54 Å². The van der Waals surface area contributed by atoms with Crippen molar-refractivity contribution < 1.29 is 14.0 Å². The number of amides is 1. The first-order valence-corrected chi connectivity index (χ1v) is 13.4. The van der Waals surface area contributed by atoms with Gasteiger partial charge in [0.15, 0.2) is 0 Å². The molecule has 4 rings (SSSR count). The molecule has 0 saturated heterocycles. The standard InChI is InChI=1S/C33H36FN3O2/c1-6-10-25(38)17-21(2)26-15-13-23(19-29(26)34)22-14-16-30-27(18-22)31(36-24-11-8-7-9-12-24)28(20-35-30)32(39)37-33(3,4)5/h7-9,11-16,18-21H,6,10,17H2,1-5H3,(H,35,36)(H,37,39). The number of fused-ring (bicyclic) bond motifs is 1. The minimum atomic E-state index is -0.421. The normalized spacial score (nSPS) is 12.3. The summed E-state index contributed by atoms with van der Waals surface area (Å²) in [5.74, 6) is -0.601. The molecule has 1 unspecified atom stereocenters. The second-order valence-electron chi connectivity index (χ2n) is 11.1. The Labute approximate surface area is 229 Å². The van der Waals surface area contributed by atoms with Crippen LogP contribution in [0.2, 0.25) is 0 Å². The van der Waals surface area contributed by atoms with Gasteiger partial charge in [-0.3, -0.25) is 14.6 Å². The number of rotatable bonds is 9. The maximum Gasteiger partial charge on any atom is 0.255 e. The van der Waals surface area contributed by atoms with Crippen LogP contribution in [-0.4, -0.2) is 22.2 Å².